The fourth-order valence-electron chi connectivity index (χ4n) is 2.99. The number of ether oxygens (including phenoxy) is 1. The van der Waals surface area contributed by atoms with Gasteiger partial charge in [-0.15, -0.1) is 0 Å². The monoisotopic (exact) mass is 289 g/mol. The van der Waals surface area contributed by atoms with Crippen molar-refractivity contribution in [2.75, 3.05) is 19.7 Å². The summed E-state index contributed by atoms with van der Waals surface area (Å²) in [6.45, 7) is 9.56. The quantitative estimate of drug-likeness (QED) is 0.777. The van der Waals surface area contributed by atoms with Crippen molar-refractivity contribution in [3.63, 3.8) is 0 Å². The van der Waals surface area contributed by atoms with Gasteiger partial charge in [0.05, 0.1) is 0 Å². The van der Waals surface area contributed by atoms with Crippen molar-refractivity contribution in [2.45, 2.75) is 58.3 Å². The van der Waals surface area contributed by atoms with Crippen molar-refractivity contribution in [3.05, 3.63) is 29.8 Å². The third-order valence-electron chi connectivity index (χ3n) is 4.43. The molecule has 0 amide bonds. The minimum atomic E-state index is 0.208. The van der Waals surface area contributed by atoms with Crippen molar-refractivity contribution in [1.29, 1.82) is 0 Å². The fourth-order valence-corrected chi connectivity index (χ4v) is 2.99. The smallest absolute Gasteiger partial charge is 0.119 e. The topological polar surface area (TPSA) is 21.3 Å². The third kappa shape index (κ3) is 5.70. The zero-order chi connectivity index (χ0) is 15.1. The molecule has 1 fully saturated rings. The zero-order valence-corrected chi connectivity index (χ0v) is 14.0. The number of rotatable bonds is 6. The second-order valence-corrected chi connectivity index (χ2v) is 7.33. The molecule has 0 spiro atoms. The molecule has 1 N–H and O–H groups in total. The molecule has 1 aromatic rings. The van der Waals surface area contributed by atoms with Gasteiger partial charge in [0.15, 0.2) is 0 Å². The van der Waals surface area contributed by atoms with Gasteiger partial charge in [-0.25, -0.2) is 0 Å². The van der Waals surface area contributed by atoms with E-state index in [2.05, 4.69) is 50.4 Å². The maximum atomic E-state index is 5.80. The number of hydrogen-bond acceptors (Lipinski definition) is 2. The van der Waals surface area contributed by atoms with Crippen LogP contribution in [0.3, 0.4) is 0 Å². The molecule has 0 bridgehead atoms. The molecule has 2 nitrogen and oxygen atoms in total. The van der Waals surface area contributed by atoms with Crippen LogP contribution in [0.5, 0.6) is 5.75 Å². The van der Waals surface area contributed by atoms with Gasteiger partial charge in [0.25, 0.3) is 0 Å². The van der Waals surface area contributed by atoms with Gasteiger partial charge >= 0.3 is 0 Å². The van der Waals surface area contributed by atoms with Gasteiger partial charge in [-0.1, -0.05) is 52.2 Å². The summed E-state index contributed by atoms with van der Waals surface area (Å²) < 4.78 is 5.80. The van der Waals surface area contributed by atoms with Gasteiger partial charge in [0.1, 0.15) is 12.4 Å². The van der Waals surface area contributed by atoms with Gasteiger partial charge in [0, 0.05) is 6.54 Å². The van der Waals surface area contributed by atoms with Crippen molar-refractivity contribution in [1.82, 2.24) is 5.32 Å². The highest BCUT2D eigenvalue weighted by atomic mass is 16.5. The zero-order valence-electron chi connectivity index (χ0n) is 14.0. The second kappa shape index (κ2) is 7.84. The lowest BCUT2D eigenvalue weighted by atomic mass is 9.87. The molecular formula is C19H31NO. The SMILES string of the molecule is CC(C)(C)c1ccc(OCCNCC2CCCCC2)cc1. The van der Waals surface area contributed by atoms with E-state index in [1.165, 1.54) is 37.7 Å². The van der Waals surface area contributed by atoms with E-state index in [1.54, 1.807) is 0 Å². The molecular weight excluding hydrogens is 258 g/mol. The Morgan fingerprint density at radius 1 is 1.05 bits per heavy atom. The molecule has 2 rings (SSSR count). The van der Waals surface area contributed by atoms with Crippen LogP contribution in [0.15, 0.2) is 24.3 Å². The minimum absolute atomic E-state index is 0.208. The highest BCUT2D eigenvalue weighted by molar-refractivity contribution is 5.31. The summed E-state index contributed by atoms with van der Waals surface area (Å²) in [5.74, 6) is 1.87. The van der Waals surface area contributed by atoms with E-state index in [1.807, 2.05) is 0 Å². The van der Waals surface area contributed by atoms with E-state index in [0.717, 1.165) is 31.4 Å². The number of hydrogen-bond donors (Lipinski definition) is 1. The molecule has 0 heterocycles. The van der Waals surface area contributed by atoms with Crippen molar-refractivity contribution in [3.8, 4) is 5.75 Å². The summed E-state index contributed by atoms with van der Waals surface area (Å²) in [6.07, 6.45) is 7.08. The van der Waals surface area contributed by atoms with Crippen molar-refractivity contribution >= 4 is 0 Å². The lowest BCUT2D eigenvalue weighted by Gasteiger charge is -2.22. The van der Waals surface area contributed by atoms with Crippen molar-refractivity contribution in [2.24, 2.45) is 5.92 Å². The van der Waals surface area contributed by atoms with Gasteiger partial charge < -0.3 is 10.1 Å². The third-order valence-corrected chi connectivity index (χ3v) is 4.43. The first-order valence-electron chi connectivity index (χ1n) is 8.50. The van der Waals surface area contributed by atoms with Crippen LogP contribution >= 0.6 is 0 Å². The molecule has 1 aliphatic carbocycles. The molecule has 0 saturated heterocycles. The Labute approximate surface area is 130 Å². The van der Waals surface area contributed by atoms with E-state index >= 15 is 0 Å². The summed E-state index contributed by atoms with van der Waals surface area (Å²) >= 11 is 0. The van der Waals surface area contributed by atoms with E-state index in [0.29, 0.717) is 0 Å². The van der Waals surface area contributed by atoms with Gasteiger partial charge in [-0.05, 0) is 48.4 Å². The molecule has 118 valence electrons. The average Bonchev–Trinajstić information content (AvgIpc) is 2.47. The first-order chi connectivity index (χ1) is 10.1. The van der Waals surface area contributed by atoms with Gasteiger partial charge in [-0.2, -0.15) is 0 Å². The first kappa shape index (κ1) is 16.4. The summed E-state index contributed by atoms with van der Waals surface area (Å²) in [4.78, 5) is 0. The van der Waals surface area contributed by atoms with Gasteiger partial charge in [-0.3, -0.25) is 0 Å². The molecule has 0 radical (unpaired) electrons. The summed E-state index contributed by atoms with van der Waals surface area (Å²) in [7, 11) is 0. The predicted octanol–water partition coefficient (Wildman–Crippen LogP) is 4.53. The highest BCUT2D eigenvalue weighted by Gasteiger charge is 2.13. The molecule has 21 heavy (non-hydrogen) atoms. The standard InChI is InChI=1S/C19H31NO/c1-19(2,3)17-9-11-18(12-10-17)21-14-13-20-15-16-7-5-4-6-8-16/h9-12,16,20H,4-8,13-15H2,1-3H3. The summed E-state index contributed by atoms with van der Waals surface area (Å²) in [6, 6.07) is 8.51. The van der Waals surface area contributed by atoms with Crippen LogP contribution in [0.1, 0.15) is 58.4 Å². The molecule has 0 aromatic heterocycles. The molecule has 0 aliphatic heterocycles. The lowest BCUT2D eigenvalue weighted by molar-refractivity contribution is 0.294. The lowest BCUT2D eigenvalue weighted by Crippen LogP contribution is -2.28. The molecule has 0 atom stereocenters. The van der Waals surface area contributed by atoms with Crippen LogP contribution in [0.25, 0.3) is 0 Å². The highest BCUT2D eigenvalue weighted by Crippen LogP contribution is 2.24. The Kier molecular flexibility index (Phi) is 6.10. The predicted molar refractivity (Wildman–Crippen MR) is 90.1 cm³/mol. The minimum Gasteiger partial charge on any atom is -0.492 e. The molecule has 1 aliphatic rings. The Balaban J connectivity index is 1.62. The number of benzene rings is 1. The van der Waals surface area contributed by atoms with Crippen LogP contribution in [-0.4, -0.2) is 19.7 Å². The van der Waals surface area contributed by atoms with E-state index in [-0.39, 0.29) is 5.41 Å². The molecule has 1 aromatic carbocycles. The number of nitrogens with one attached hydrogen (secondary N) is 1. The van der Waals surface area contributed by atoms with E-state index < -0.39 is 0 Å². The van der Waals surface area contributed by atoms with Crippen LogP contribution in [0.2, 0.25) is 0 Å². The molecule has 1 saturated carbocycles. The van der Waals surface area contributed by atoms with Crippen LogP contribution in [-0.2, 0) is 5.41 Å². The Morgan fingerprint density at radius 2 is 1.71 bits per heavy atom. The second-order valence-electron chi connectivity index (χ2n) is 7.33. The maximum absolute atomic E-state index is 5.80. The Hall–Kier alpha value is -1.02. The van der Waals surface area contributed by atoms with E-state index in [9.17, 15) is 0 Å². The van der Waals surface area contributed by atoms with E-state index in [4.69, 9.17) is 4.74 Å². The summed E-state index contributed by atoms with van der Waals surface area (Å²) in [5.41, 5.74) is 1.56. The molecule has 0 unspecified atom stereocenters. The average molecular weight is 289 g/mol. The molecule has 2 heteroatoms. The van der Waals surface area contributed by atoms with Crippen LogP contribution in [0, 0.1) is 5.92 Å². The Morgan fingerprint density at radius 3 is 2.33 bits per heavy atom. The fraction of sp³-hybridized carbons (Fsp3) is 0.684. The largest absolute Gasteiger partial charge is 0.492 e. The normalized spacial score (nSPS) is 16.9. The Bertz CT molecular complexity index is 399. The van der Waals surface area contributed by atoms with Crippen LogP contribution < -0.4 is 10.1 Å². The van der Waals surface area contributed by atoms with Crippen LogP contribution in [0.4, 0.5) is 0 Å². The van der Waals surface area contributed by atoms with Crippen molar-refractivity contribution < 1.29 is 4.74 Å². The first-order valence-corrected chi connectivity index (χ1v) is 8.50. The maximum Gasteiger partial charge on any atom is 0.119 e. The van der Waals surface area contributed by atoms with Gasteiger partial charge in [0.2, 0.25) is 0 Å². The summed E-state index contributed by atoms with van der Waals surface area (Å²) in [5, 5.41) is 3.54.